The maximum absolute atomic E-state index is 11.7. The van der Waals surface area contributed by atoms with Crippen LogP contribution in [0.3, 0.4) is 0 Å². The Morgan fingerprint density at radius 1 is 1.15 bits per heavy atom. The lowest BCUT2D eigenvalue weighted by atomic mass is 10.1. The lowest BCUT2D eigenvalue weighted by Gasteiger charge is -2.12. The van der Waals surface area contributed by atoms with Gasteiger partial charge in [-0.25, -0.2) is 4.79 Å². The largest absolute Gasteiger partial charge is 0.513 e. The third-order valence-electron chi connectivity index (χ3n) is 2.62. The van der Waals surface area contributed by atoms with Gasteiger partial charge in [0.15, 0.2) is 5.75 Å². The van der Waals surface area contributed by atoms with E-state index in [9.17, 15) is 4.79 Å². The van der Waals surface area contributed by atoms with Gasteiger partial charge in [0.2, 0.25) is 0 Å². The van der Waals surface area contributed by atoms with Crippen molar-refractivity contribution < 1.29 is 14.3 Å². The molecule has 2 aromatic rings. The highest BCUT2D eigenvalue weighted by atomic mass is 35.5. The van der Waals surface area contributed by atoms with Crippen LogP contribution in [0.15, 0.2) is 30.3 Å². The number of fused-ring (bicyclic) bond motifs is 1. The van der Waals surface area contributed by atoms with Gasteiger partial charge in [-0.3, -0.25) is 0 Å². The zero-order chi connectivity index (χ0) is 14.7. The summed E-state index contributed by atoms with van der Waals surface area (Å²) in [5.74, 6) is 0.500. The van der Waals surface area contributed by atoms with Gasteiger partial charge in [0.05, 0.1) is 16.7 Å². The van der Waals surface area contributed by atoms with E-state index in [1.54, 1.807) is 12.1 Å². The van der Waals surface area contributed by atoms with Crippen molar-refractivity contribution in [2.24, 2.45) is 5.92 Å². The van der Waals surface area contributed by atoms with Crippen LogP contribution in [0.4, 0.5) is 4.79 Å². The number of ether oxygens (including phenoxy) is 2. The fourth-order valence-electron chi connectivity index (χ4n) is 1.72. The van der Waals surface area contributed by atoms with E-state index in [2.05, 4.69) is 0 Å². The number of halogens is 2. The smallest absolute Gasteiger partial charge is 0.434 e. The van der Waals surface area contributed by atoms with E-state index in [0.29, 0.717) is 17.0 Å². The zero-order valence-corrected chi connectivity index (χ0v) is 12.7. The number of carbonyl (C=O) groups is 1. The lowest BCUT2D eigenvalue weighted by molar-refractivity contribution is 0.0890. The molecule has 0 unspecified atom stereocenters. The van der Waals surface area contributed by atoms with Crippen molar-refractivity contribution in [2.75, 3.05) is 6.61 Å². The SMILES string of the molecule is CC(C)COC(=O)Oc1c(Cl)cc(Cl)c2ccccc12. The predicted molar refractivity (Wildman–Crippen MR) is 80.8 cm³/mol. The van der Waals surface area contributed by atoms with Crippen LogP contribution >= 0.6 is 23.2 Å². The Labute approximate surface area is 127 Å². The summed E-state index contributed by atoms with van der Waals surface area (Å²) in [7, 11) is 0. The standard InChI is InChI=1S/C15H14Cl2O3/c1-9(2)8-19-15(18)20-14-11-6-4-3-5-10(11)12(16)7-13(14)17/h3-7,9H,8H2,1-2H3. The summed E-state index contributed by atoms with van der Waals surface area (Å²) in [5.41, 5.74) is 0. The Balaban J connectivity index is 2.32. The summed E-state index contributed by atoms with van der Waals surface area (Å²) in [6, 6.07) is 8.85. The minimum absolute atomic E-state index is 0.236. The molecule has 0 aromatic heterocycles. The summed E-state index contributed by atoms with van der Waals surface area (Å²) in [6.07, 6.45) is -0.770. The van der Waals surface area contributed by atoms with Crippen LogP contribution in [0.1, 0.15) is 13.8 Å². The third kappa shape index (κ3) is 3.35. The first-order valence-corrected chi connectivity index (χ1v) is 6.96. The predicted octanol–water partition coefficient (Wildman–Crippen LogP) is 5.32. The van der Waals surface area contributed by atoms with Gasteiger partial charge in [0.25, 0.3) is 0 Å². The highest BCUT2D eigenvalue weighted by Crippen LogP contribution is 2.38. The molecule has 0 heterocycles. The van der Waals surface area contributed by atoms with Gasteiger partial charge >= 0.3 is 6.16 Å². The van der Waals surface area contributed by atoms with E-state index in [-0.39, 0.29) is 16.7 Å². The Kier molecular flexibility index (Phi) is 4.73. The molecule has 5 heteroatoms. The van der Waals surface area contributed by atoms with E-state index in [1.807, 2.05) is 32.0 Å². The van der Waals surface area contributed by atoms with Crippen molar-refractivity contribution >= 4 is 40.1 Å². The van der Waals surface area contributed by atoms with Crippen LogP contribution in [0, 0.1) is 5.92 Å². The molecule has 2 rings (SSSR count). The van der Waals surface area contributed by atoms with Crippen molar-refractivity contribution in [2.45, 2.75) is 13.8 Å². The zero-order valence-electron chi connectivity index (χ0n) is 11.2. The van der Waals surface area contributed by atoms with Crippen LogP contribution in [0.2, 0.25) is 10.0 Å². The molecule has 0 aliphatic carbocycles. The normalized spacial score (nSPS) is 10.8. The van der Waals surface area contributed by atoms with Crippen LogP contribution < -0.4 is 4.74 Å². The molecule has 2 aromatic carbocycles. The van der Waals surface area contributed by atoms with E-state index in [1.165, 1.54) is 0 Å². The third-order valence-corrected chi connectivity index (χ3v) is 3.21. The van der Waals surface area contributed by atoms with Crippen molar-refractivity contribution in [3.63, 3.8) is 0 Å². The molecular formula is C15H14Cl2O3. The van der Waals surface area contributed by atoms with E-state index in [4.69, 9.17) is 32.7 Å². The van der Waals surface area contributed by atoms with Crippen LogP contribution in [0.25, 0.3) is 10.8 Å². The highest BCUT2D eigenvalue weighted by molar-refractivity contribution is 6.40. The molecule has 0 amide bonds. The molecule has 0 spiro atoms. The number of rotatable bonds is 3. The van der Waals surface area contributed by atoms with Gasteiger partial charge in [-0.2, -0.15) is 0 Å². The minimum atomic E-state index is -0.770. The second-order valence-corrected chi connectivity index (χ2v) is 5.59. The average molecular weight is 313 g/mol. The van der Waals surface area contributed by atoms with Gasteiger partial charge < -0.3 is 9.47 Å². The van der Waals surface area contributed by atoms with E-state index in [0.717, 1.165) is 5.39 Å². The summed E-state index contributed by atoms with van der Waals surface area (Å²) in [4.78, 5) is 11.7. The molecule has 0 saturated carbocycles. The van der Waals surface area contributed by atoms with Gasteiger partial charge in [-0.05, 0) is 12.0 Å². The van der Waals surface area contributed by atoms with Gasteiger partial charge in [-0.15, -0.1) is 0 Å². The first-order valence-electron chi connectivity index (χ1n) is 6.20. The second kappa shape index (κ2) is 6.33. The second-order valence-electron chi connectivity index (χ2n) is 4.77. The molecular weight excluding hydrogens is 299 g/mol. The molecule has 0 saturated heterocycles. The number of benzene rings is 2. The van der Waals surface area contributed by atoms with Gasteiger partial charge in [0.1, 0.15) is 0 Å². The quantitative estimate of drug-likeness (QED) is 0.568. The van der Waals surface area contributed by atoms with Crippen LogP contribution in [-0.4, -0.2) is 12.8 Å². The topological polar surface area (TPSA) is 35.5 Å². The van der Waals surface area contributed by atoms with Gasteiger partial charge in [-0.1, -0.05) is 61.3 Å². The monoisotopic (exact) mass is 312 g/mol. The number of hydrogen-bond donors (Lipinski definition) is 0. The highest BCUT2D eigenvalue weighted by Gasteiger charge is 2.15. The van der Waals surface area contributed by atoms with Crippen molar-refractivity contribution in [1.29, 1.82) is 0 Å². The molecule has 106 valence electrons. The lowest BCUT2D eigenvalue weighted by Crippen LogP contribution is -2.14. The Morgan fingerprint density at radius 2 is 1.80 bits per heavy atom. The van der Waals surface area contributed by atoms with E-state index >= 15 is 0 Å². The summed E-state index contributed by atoms with van der Waals surface area (Å²) in [5, 5.41) is 2.22. The summed E-state index contributed by atoms with van der Waals surface area (Å²) in [6.45, 7) is 4.18. The first kappa shape index (κ1) is 14.9. The number of hydrogen-bond acceptors (Lipinski definition) is 3. The minimum Gasteiger partial charge on any atom is -0.434 e. The average Bonchev–Trinajstić information content (AvgIpc) is 2.41. The van der Waals surface area contributed by atoms with Gasteiger partial charge in [0, 0.05) is 10.8 Å². The summed E-state index contributed by atoms with van der Waals surface area (Å²) < 4.78 is 10.2. The fourth-order valence-corrected chi connectivity index (χ4v) is 2.30. The molecule has 0 atom stereocenters. The summed E-state index contributed by atoms with van der Waals surface area (Å²) >= 11 is 12.2. The maximum atomic E-state index is 11.7. The number of carbonyl (C=O) groups excluding carboxylic acids is 1. The molecule has 3 nitrogen and oxygen atoms in total. The van der Waals surface area contributed by atoms with Crippen LogP contribution in [0.5, 0.6) is 5.75 Å². The fraction of sp³-hybridized carbons (Fsp3) is 0.267. The maximum Gasteiger partial charge on any atom is 0.513 e. The molecule has 0 radical (unpaired) electrons. The first-order chi connectivity index (χ1) is 9.49. The molecule has 0 aliphatic heterocycles. The van der Waals surface area contributed by atoms with Crippen molar-refractivity contribution in [1.82, 2.24) is 0 Å². The molecule has 0 fully saturated rings. The molecule has 0 N–H and O–H groups in total. The van der Waals surface area contributed by atoms with Crippen molar-refractivity contribution in [3.05, 3.63) is 40.4 Å². The molecule has 0 aliphatic rings. The Hall–Kier alpha value is -1.45. The Morgan fingerprint density at radius 3 is 2.45 bits per heavy atom. The Bertz CT molecular complexity index is 638. The molecule has 0 bridgehead atoms. The van der Waals surface area contributed by atoms with E-state index < -0.39 is 6.16 Å². The van der Waals surface area contributed by atoms with Crippen LogP contribution in [-0.2, 0) is 4.74 Å². The molecule has 20 heavy (non-hydrogen) atoms. The van der Waals surface area contributed by atoms with Crippen molar-refractivity contribution in [3.8, 4) is 5.75 Å².